The average Bonchev–Trinajstić information content (AvgIpc) is 2.60. The molecule has 1 aliphatic rings. The second-order valence-corrected chi connectivity index (χ2v) is 5.37. The maximum atomic E-state index is 12.7. The Bertz CT molecular complexity index is 883. The zero-order chi connectivity index (χ0) is 18.1. The molecule has 7 nitrogen and oxygen atoms in total. The minimum Gasteiger partial charge on any atom is -0.507 e. The molecule has 0 saturated carbocycles. The first kappa shape index (κ1) is 16.5. The molecule has 1 heterocycles. The van der Waals surface area contributed by atoms with E-state index in [0.717, 1.165) is 0 Å². The summed E-state index contributed by atoms with van der Waals surface area (Å²) in [5, 5.41) is 29.1. The Kier molecular flexibility index (Phi) is 4.14. The van der Waals surface area contributed by atoms with Crippen LogP contribution in [0.4, 0.5) is 0 Å². The Hall–Kier alpha value is -3.35. The van der Waals surface area contributed by atoms with Crippen molar-refractivity contribution in [3.8, 4) is 34.5 Å². The molecule has 7 heteroatoms. The summed E-state index contributed by atoms with van der Waals surface area (Å²) in [4.78, 5) is 12.7. The SMILES string of the molecule is COc1cc(O)c2c(c1OC)OC/C(=C\c1ccc(O)c(O)c1)C2=O. The maximum absolute atomic E-state index is 12.7. The number of carbonyl (C=O) groups is 1. The van der Waals surface area contributed by atoms with Gasteiger partial charge < -0.3 is 29.5 Å². The fourth-order valence-electron chi connectivity index (χ4n) is 2.62. The number of ether oxygens (including phenoxy) is 3. The molecule has 2 aromatic carbocycles. The highest BCUT2D eigenvalue weighted by Crippen LogP contribution is 2.47. The molecule has 25 heavy (non-hydrogen) atoms. The fourth-order valence-corrected chi connectivity index (χ4v) is 2.62. The lowest BCUT2D eigenvalue weighted by atomic mass is 9.96. The number of carbonyl (C=O) groups excluding carboxylic acids is 1. The lowest BCUT2D eigenvalue weighted by molar-refractivity contribution is 0.0995. The van der Waals surface area contributed by atoms with E-state index >= 15 is 0 Å². The van der Waals surface area contributed by atoms with Gasteiger partial charge in [0.25, 0.3) is 0 Å². The van der Waals surface area contributed by atoms with Crippen LogP contribution in [-0.2, 0) is 0 Å². The van der Waals surface area contributed by atoms with Crippen molar-refractivity contribution in [3.63, 3.8) is 0 Å². The third-order valence-electron chi connectivity index (χ3n) is 3.84. The smallest absolute Gasteiger partial charge is 0.204 e. The molecule has 0 spiro atoms. The molecule has 0 aromatic heterocycles. The van der Waals surface area contributed by atoms with Crippen LogP contribution in [0.15, 0.2) is 29.8 Å². The summed E-state index contributed by atoms with van der Waals surface area (Å²) in [5.74, 6) is -0.659. The topological polar surface area (TPSA) is 105 Å². The number of phenolic OH excluding ortho intramolecular Hbond substituents is 3. The Morgan fingerprint density at radius 2 is 1.80 bits per heavy atom. The van der Waals surface area contributed by atoms with E-state index in [2.05, 4.69) is 0 Å². The van der Waals surface area contributed by atoms with Gasteiger partial charge in [0.2, 0.25) is 5.75 Å². The van der Waals surface area contributed by atoms with Gasteiger partial charge in [-0.2, -0.15) is 0 Å². The quantitative estimate of drug-likeness (QED) is 0.580. The zero-order valence-corrected chi connectivity index (χ0v) is 13.6. The molecule has 2 aromatic rings. The predicted octanol–water partition coefficient (Wildman–Crippen LogP) is 2.48. The number of benzene rings is 2. The van der Waals surface area contributed by atoms with Crippen molar-refractivity contribution in [2.75, 3.05) is 20.8 Å². The second kappa shape index (κ2) is 6.27. The largest absolute Gasteiger partial charge is 0.507 e. The van der Waals surface area contributed by atoms with Crippen LogP contribution in [0.25, 0.3) is 6.08 Å². The standard InChI is InChI=1S/C18H16O7/c1-23-14-7-13(21)15-16(22)10(8-25-18(15)17(14)24-2)5-9-3-4-11(19)12(20)6-9/h3-7,19-21H,8H2,1-2H3/b10-5+. The van der Waals surface area contributed by atoms with Gasteiger partial charge in [0.1, 0.15) is 17.9 Å². The number of rotatable bonds is 3. The normalized spacial score (nSPS) is 14.8. The molecule has 130 valence electrons. The molecule has 0 fully saturated rings. The van der Waals surface area contributed by atoms with Crippen LogP contribution < -0.4 is 14.2 Å². The van der Waals surface area contributed by atoms with Crippen molar-refractivity contribution in [2.24, 2.45) is 0 Å². The van der Waals surface area contributed by atoms with Crippen LogP contribution in [-0.4, -0.2) is 41.9 Å². The molecule has 0 radical (unpaired) electrons. The van der Waals surface area contributed by atoms with Crippen LogP contribution in [0.3, 0.4) is 0 Å². The summed E-state index contributed by atoms with van der Waals surface area (Å²) in [7, 11) is 2.82. The first-order valence-electron chi connectivity index (χ1n) is 7.34. The van der Waals surface area contributed by atoms with Crippen LogP contribution >= 0.6 is 0 Å². The second-order valence-electron chi connectivity index (χ2n) is 5.37. The van der Waals surface area contributed by atoms with E-state index in [4.69, 9.17) is 14.2 Å². The van der Waals surface area contributed by atoms with Gasteiger partial charge >= 0.3 is 0 Å². The number of ketones is 1. The van der Waals surface area contributed by atoms with Gasteiger partial charge in [-0.1, -0.05) is 6.07 Å². The van der Waals surface area contributed by atoms with Crippen molar-refractivity contribution in [1.29, 1.82) is 0 Å². The van der Waals surface area contributed by atoms with Gasteiger partial charge in [-0.15, -0.1) is 0 Å². The van der Waals surface area contributed by atoms with Gasteiger partial charge in [-0.3, -0.25) is 4.79 Å². The number of hydrogen-bond donors (Lipinski definition) is 3. The maximum Gasteiger partial charge on any atom is 0.204 e. The first-order valence-corrected chi connectivity index (χ1v) is 7.34. The third-order valence-corrected chi connectivity index (χ3v) is 3.84. The number of methoxy groups -OCH3 is 2. The van der Waals surface area contributed by atoms with Crippen molar-refractivity contribution >= 4 is 11.9 Å². The molecule has 3 N–H and O–H groups in total. The highest BCUT2D eigenvalue weighted by Gasteiger charge is 2.32. The van der Waals surface area contributed by atoms with Gasteiger partial charge in [0, 0.05) is 11.6 Å². The molecule has 0 atom stereocenters. The summed E-state index contributed by atoms with van der Waals surface area (Å²) in [6, 6.07) is 5.46. The molecule has 3 rings (SSSR count). The van der Waals surface area contributed by atoms with E-state index < -0.39 is 5.78 Å². The van der Waals surface area contributed by atoms with Crippen molar-refractivity contribution in [3.05, 3.63) is 41.0 Å². The summed E-state index contributed by atoms with van der Waals surface area (Å²) in [5.41, 5.74) is 0.768. The molecule has 1 aliphatic heterocycles. The molecular formula is C18H16O7. The van der Waals surface area contributed by atoms with Crippen molar-refractivity contribution in [1.82, 2.24) is 0 Å². The van der Waals surface area contributed by atoms with Gasteiger partial charge in [-0.25, -0.2) is 0 Å². The average molecular weight is 344 g/mol. The van der Waals surface area contributed by atoms with Crippen LogP contribution in [0.5, 0.6) is 34.5 Å². The lowest BCUT2D eigenvalue weighted by Crippen LogP contribution is -2.20. The molecule has 0 aliphatic carbocycles. The number of aromatic hydroxyl groups is 3. The zero-order valence-electron chi connectivity index (χ0n) is 13.6. The van der Waals surface area contributed by atoms with E-state index in [1.54, 1.807) is 6.07 Å². The number of hydrogen-bond acceptors (Lipinski definition) is 7. The minimum absolute atomic E-state index is 0.0156. The molecule has 0 amide bonds. The van der Waals surface area contributed by atoms with Gasteiger partial charge in [-0.05, 0) is 23.8 Å². The van der Waals surface area contributed by atoms with Crippen LogP contribution in [0.2, 0.25) is 0 Å². The molecule has 0 saturated heterocycles. The molecule has 0 unspecified atom stereocenters. The highest BCUT2D eigenvalue weighted by atomic mass is 16.5. The van der Waals surface area contributed by atoms with Crippen molar-refractivity contribution in [2.45, 2.75) is 0 Å². The minimum atomic E-state index is -0.424. The number of phenols is 3. The third kappa shape index (κ3) is 2.80. The highest BCUT2D eigenvalue weighted by molar-refractivity contribution is 6.16. The van der Waals surface area contributed by atoms with Crippen molar-refractivity contribution < 1.29 is 34.3 Å². The summed E-state index contributed by atoms with van der Waals surface area (Å²) < 4.78 is 16.0. The predicted molar refractivity (Wildman–Crippen MR) is 88.8 cm³/mol. The Morgan fingerprint density at radius 1 is 1.04 bits per heavy atom. The first-order chi connectivity index (χ1) is 12.0. The van der Waals surface area contributed by atoms with Gasteiger partial charge in [0.15, 0.2) is 28.8 Å². The monoisotopic (exact) mass is 344 g/mol. The lowest BCUT2D eigenvalue weighted by Gasteiger charge is -2.23. The number of fused-ring (bicyclic) bond motifs is 1. The van der Waals surface area contributed by atoms with Gasteiger partial charge in [0.05, 0.1) is 14.2 Å². The van der Waals surface area contributed by atoms with E-state index in [0.29, 0.717) is 5.56 Å². The number of Topliss-reactive ketones (excluding diaryl/α,β-unsaturated/α-hetero) is 1. The van der Waals surface area contributed by atoms with Crippen LogP contribution in [0.1, 0.15) is 15.9 Å². The summed E-state index contributed by atoms with van der Waals surface area (Å²) in [6.07, 6.45) is 1.51. The van der Waals surface area contributed by atoms with E-state index in [1.807, 2.05) is 0 Å². The Balaban J connectivity index is 2.07. The Morgan fingerprint density at radius 3 is 2.44 bits per heavy atom. The Labute approximate surface area is 143 Å². The van der Waals surface area contributed by atoms with E-state index in [1.165, 1.54) is 38.5 Å². The fraction of sp³-hybridized carbons (Fsp3) is 0.167. The summed E-state index contributed by atoms with van der Waals surface area (Å²) >= 11 is 0. The van der Waals surface area contributed by atoms with Crippen LogP contribution in [0, 0.1) is 0 Å². The van der Waals surface area contributed by atoms with E-state index in [-0.39, 0.29) is 52.2 Å². The molecular weight excluding hydrogens is 328 g/mol. The molecule has 0 bridgehead atoms. The summed E-state index contributed by atoms with van der Waals surface area (Å²) in [6.45, 7) is -0.0452. The van der Waals surface area contributed by atoms with E-state index in [9.17, 15) is 20.1 Å².